The second kappa shape index (κ2) is 7.98. The first-order chi connectivity index (χ1) is 10.7. The van der Waals surface area contributed by atoms with Gasteiger partial charge in [-0.25, -0.2) is 5.43 Å². The number of hydrogen-bond donors (Lipinski definition) is 1. The summed E-state index contributed by atoms with van der Waals surface area (Å²) in [5.74, 6) is -0.734. The monoisotopic (exact) mass is 346 g/mol. The van der Waals surface area contributed by atoms with Crippen molar-refractivity contribution >= 4 is 0 Å². The first kappa shape index (κ1) is 21.8. The molecule has 0 spiro atoms. The van der Waals surface area contributed by atoms with Gasteiger partial charge in [0.1, 0.15) is 12.2 Å². The van der Waals surface area contributed by atoms with E-state index in [9.17, 15) is 0 Å². The normalized spacial score (nSPS) is 26.1. The second-order valence-corrected chi connectivity index (χ2v) is 8.92. The lowest BCUT2D eigenvalue weighted by Crippen LogP contribution is -2.52. The molecular formula is C18H38N2O4. The number of hydrazine groups is 1. The molecule has 1 fully saturated rings. The van der Waals surface area contributed by atoms with Crippen molar-refractivity contribution in [1.82, 2.24) is 10.4 Å². The molecule has 0 aliphatic carbocycles. The Kier molecular flexibility index (Phi) is 7.24. The van der Waals surface area contributed by atoms with Crippen LogP contribution in [0.25, 0.3) is 0 Å². The Morgan fingerprint density at radius 1 is 0.958 bits per heavy atom. The van der Waals surface area contributed by atoms with Crippen LogP contribution in [-0.4, -0.2) is 67.6 Å². The van der Waals surface area contributed by atoms with Crippen molar-refractivity contribution < 1.29 is 18.9 Å². The molecule has 0 aromatic carbocycles. The molecule has 3 atom stereocenters. The van der Waals surface area contributed by atoms with E-state index in [2.05, 4.69) is 12.3 Å². The van der Waals surface area contributed by atoms with Crippen molar-refractivity contribution in [3.05, 3.63) is 0 Å². The van der Waals surface area contributed by atoms with Crippen LogP contribution in [0.3, 0.4) is 0 Å². The van der Waals surface area contributed by atoms with Gasteiger partial charge in [-0.05, 0) is 55.4 Å². The molecule has 6 heteroatoms. The van der Waals surface area contributed by atoms with Gasteiger partial charge in [-0.15, -0.1) is 0 Å². The van der Waals surface area contributed by atoms with Gasteiger partial charge in [0.15, 0.2) is 5.79 Å². The highest BCUT2D eigenvalue weighted by Crippen LogP contribution is 2.33. The van der Waals surface area contributed by atoms with Crippen LogP contribution in [0.4, 0.5) is 0 Å². The Hall–Kier alpha value is -0.240. The van der Waals surface area contributed by atoms with Gasteiger partial charge in [-0.2, -0.15) is 0 Å². The van der Waals surface area contributed by atoms with Gasteiger partial charge in [0.25, 0.3) is 0 Å². The first-order valence-corrected chi connectivity index (χ1v) is 8.79. The van der Waals surface area contributed by atoms with Crippen LogP contribution in [0.1, 0.15) is 55.4 Å². The zero-order valence-corrected chi connectivity index (χ0v) is 17.2. The average molecular weight is 347 g/mol. The summed E-state index contributed by atoms with van der Waals surface area (Å²) >= 11 is 0. The molecule has 1 aliphatic heterocycles. The molecule has 0 aromatic heterocycles. The summed E-state index contributed by atoms with van der Waals surface area (Å²) in [5, 5.41) is 1.91. The molecule has 0 saturated carbocycles. The van der Waals surface area contributed by atoms with E-state index in [1.807, 2.05) is 67.6 Å². The summed E-state index contributed by atoms with van der Waals surface area (Å²) in [4.78, 5) is 0. The molecule has 0 radical (unpaired) electrons. The lowest BCUT2D eigenvalue weighted by Gasteiger charge is -2.33. The van der Waals surface area contributed by atoms with Crippen molar-refractivity contribution in [1.29, 1.82) is 0 Å². The summed E-state index contributed by atoms with van der Waals surface area (Å²) in [6, 6.07) is -0.00993. The van der Waals surface area contributed by atoms with Gasteiger partial charge in [-0.1, -0.05) is 0 Å². The Morgan fingerprint density at radius 3 is 1.62 bits per heavy atom. The minimum atomic E-state index is -0.734. The fourth-order valence-electron chi connectivity index (χ4n) is 2.44. The Labute approximate surface area is 148 Å². The summed E-state index contributed by atoms with van der Waals surface area (Å²) in [7, 11) is 3.91. The smallest absolute Gasteiger partial charge is 0.183 e. The largest absolute Gasteiger partial charge is 0.373 e. The molecule has 1 rings (SSSR count). The zero-order valence-electron chi connectivity index (χ0n) is 17.2. The summed E-state index contributed by atoms with van der Waals surface area (Å²) in [6.45, 7) is 17.2. The third kappa shape index (κ3) is 7.33. The van der Waals surface area contributed by atoms with E-state index in [-0.39, 0.29) is 29.5 Å². The first-order valence-electron chi connectivity index (χ1n) is 8.79. The fraction of sp³-hybridized carbons (Fsp3) is 1.00. The van der Waals surface area contributed by atoms with E-state index >= 15 is 0 Å². The van der Waals surface area contributed by atoms with Gasteiger partial charge in [0, 0.05) is 14.1 Å². The van der Waals surface area contributed by atoms with Crippen LogP contribution in [0.5, 0.6) is 0 Å². The van der Waals surface area contributed by atoms with E-state index in [1.165, 1.54) is 0 Å². The van der Waals surface area contributed by atoms with Crippen LogP contribution in [0, 0.1) is 0 Å². The maximum Gasteiger partial charge on any atom is 0.183 e. The predicted molar refractivity (Wildman–Crippen MR) is 95.8 cm³/mol. The molecule has 0 amide bonds. The molecule has 1 aliphatic rings. The van der Waals surface area contributed by atoms with Crippen LogP contribution >= 0.6 is 0 Å². The highest BCUT2D eigenvalue weighted by atomic mass is 16.8. The Bertz CT molecular complexity index is 361. The average Bonchev–Trinajstić information content (AvgIpc) is 2.70. The zero-order chi connectivity index (χ0) is 18.8. The molecule has 0 unspecified atom stereocenters. The number of ether oxygens (including phenoxy) is 4. The fourth-order valence-corrected chi connectivity index (χ4v) is 2.44. The highest BCUT2D eigenvalue weighted by molar-refractivity contribution is 4.90. The minimum Gasteiger partial charge on any atom is -0.373 e. The van der Waals surface area contributed by atoms with Gasteiger partial charge < -0.3 is 18.9 Å². The predicted octanol–water partition coefficient (Wildman–Crippen LogP) is 2.57. The van der Waals surface area contributed by atoms with E-state index in [0.717, 1.165) is 0 Å². The molecule has 1 saturated heterocycles. The SMILES string of the molecule is C[C@H](NN(C)C)C1(C)O[C@@H](COC(C)(C)C)[C@H](COC(C)(C)C)O1. The van der Waals surface area contributed by atoms with Gasteiger partial charge >= 0.3 is 0 Å². The van der Waals surface area contributed by atoms with E-state index in [0.29, 0.717) is 13.2 Å². The number of nitrogens with one attached hydrogen (secondary N) is 1. The third-order valence-corrected chi connectivity index (χ3v) is 3.79. The van der Waals surface area contributed by atoms with E-state index in [1.54, 1.807) is 0 Å². The maximum atomic E-state index is 6.27. The van der Waals surface area contributed by atoms with Crippen LogP contribution in [0.2, 0.25) is 0 Å². The van der Waals surface area contributed by atoms with Crippen molar-refractivity contribution in [3.63, 3.8) is 0 Å². The highest BCUT2D eigenvalue weighted by Gasteiger charge is 2.48. The molecule has 24 heavy (non-hydrogen) atoms. The summed E-state index contributed by atoms with van der Waals surface area (Å²) in [5.41, 5.74) is 2.88. The van der Waals surface area contributed by atoms with Crippen LogP contribution < -0.4 is 5.43 Å². The van der Waals surface area contributed by atoms with Crippen LogP contribution in [-0.2, 0) is 18.9 Å². The third-order valence-electron chi connectivity index (χ3n) is 3.79. The van der Waals surface area contributed by atoms with Crippen LogP contribution in [0.15, 0.2) is 0 Å². The van der Waals surface area contributed by atoms with Gasteiger partial charge in [-0.3, -0.25) is 5.01 Å². The molecular weight excluding hydrogens is 308 g/mol. The molecule has 0 aromatic rings. The quantitative estimate of drug-likeness (QED) is 0.715. The minimum absolute atomic E-state index is 0.00993. The lowest BCUT2D eigenvalue weighted by molar-refractivity contribution is -0.196. The van der Waals surface area contributed by atoms with Gasteiger partial charge in [0.05, 0.1) is 30.5 Å². The van der Waals surface area contributed by atoms with Crippen molar-refractivity contribution in [2.75, 3.05) is 27.3 Å². The van der Waals surface area contributed by atoms with Crippen molar-refractivity contribution in [2.45, 2.75) is 90.6 Å². The van der Waals surface area contributed by atoms with E-state index < -0.39 is 5.79 Å². The maximum absolute atomic E-state index is 6.27. The lowest BCUT2D eigenvalue weighted by atomic mass is 10.1. The number of rotatable bonds is 7. The second-order valence-electron chi connectivity index (χ2n) is 8.92. The summed E-state index contributed by atoms with van der Waals surface area (Å²) in [6.07, 6.45) is -0.328. The Balaban J connectivity index is 2.79. The molecule has 0 bridgehead atoms. The topological polar surface area (TPSA) is 52.2 Å². The molecule has 1 N–H and O–H groups in total. The molecule has 144 valence electrons. The van der Waals surface area contributed by atoms with Gasteiger partial charge in [0.2, 0.25) is 0 Å². The Morgan fingerprint density at radius 2 is 1.33 bits per heavy atom. The standard InChI is InChI=1S/C18H38N2O4/c1-13(19-20(9)10)18(8)23-14(11-21-16(2,3)4)15(24-18)12-22-17(5,6)7/h13-15,19H,11-12H2,1-10H3/t13-,14-,15-/m0/s1. The molecule has 6 nitrogen and oxygen atoms in total. The number of nitrogens with zero attached hydrogens (tertiary/aromatic N) is 1. The van der Waals surface area contributed by atoms with E-state index in [4.69, 9.17) is 18.9 Å². The summed E-state index contributed by atoms with van der Waals surface area (Å²) < 4.78 is 24.4. The molecule has 1 heterocycles. The van der Waals surface area contributed by atoms with Crippen molar-refractivity contribution in [3.8, 4) is 0 Å². The number of hydrogen-bond acceptors (Lipinski definition) is 6. The van der Waals surface area contributed by atoms with Crippen molar-refractivity contribution in [2.24, 2.45) is 0 Å².